The minimum absolute atomic E-state index is 0.172. The van der Waals surface area contributed by atoms with Gasteiger partial charge in [-0.15, -0.1) is 0 Å². The van der Waals surface area contributed by atoms with Crippen molar-refractivity contribution in [3.05, 3.63) is 65.7 Å². The van der Waals surface area contributed by atoms with Crippen LogP contribution in [0, 0.1) is 0 Å². The number of benzene rings is 2. The third-order valence-corrected chi connectivity index (χ3v) is 23.0. The smallest absolute Gasteiger partial charge is 0.231 e. The minimum atomic E-state index is -3.73. The maximum atomic E-state index is 14.7. The molecule has 0 saturated carbocycles. The second kappa shape index (κ2) is 22.0. The molecule has 1 aliphatic heterocycles. The fraction of sp³-hybridized carbons (Fsp3) is 0.682. The summed E-state index contributed by atoms with van der Waals surface area (Å²) in [5, 5.41) is -0.753. The highest BCUT2D eigenvalue weighted by Gasteiger charge is 2.47. The number of hydrogen-bond acceptors (Lipinski definition) is 6. The van der Waals surface area contributed by atoms with E-state index in [1.165, 1.54) is 56.7 Å². The van der Waals surface area contributed by atoms with Crippen LogP contribution in [-0.2, 0) is 25.1 Å². The van der Waals surface area contributed by atoms with Crippen molar-refractivity contribution < 1.29 is 26.7 Å². The van der Waals surface area contributed by atoms with Crippen LogP contribution in [0.1, 0.15) is 136 Å². The third-order valence-electron chi connectivity index (χ3n) is 11.7. The van der Waals surface area contributed by atoms with Gasteiger partial charge in [0.15, 0.2) is 38.0 Å². The van der Waals surface area contributed by atoms with Gasteiger partial charge in [0.1, 0.15) is 0 Å². The van der Waals surface area contributed by atoms with Gasteiger partial charge < -0.3 is 18.3 Å². The first kappa shape index (κ1) is 43.8. The predicted octanol–water partition coefficient (Wildman–Crippen LogP) is 12.5. The van der Waals surface area contributed by atoms with Gasteiger partial charge in [0.25, 0.3) is 0 Å². The fourth-order valence-corrected chi connectivity index (χ4v) is 20.0. The molecule has 0 fully saturated rings. The quantitative estimate of drug-likeness (QED) is 0.0664. The summed E-state index contributed by atoms with van der Waals surface area (Å²) in [6.07, 6.45) is 18.5. The summed E-state index contributed by atoms with van der Waals surface area (Å²) in [7, 11) is -7.88. The molecule has 2 aromatic rings. The number of sulfone groups is 1. The monoisotopic (exact) mass is 784 g/mol. The first-order valence-corrected chi connectivity index (χ1v) is 28.0. The lowest BCUT2D eigenvalue weighted by Gasteiger charge is -2.38. The molecule has 0 saturated heterocycles. The molecule has 4 rings (SSSR count). The molecule has 1 aliphatic carbocycles. The molecule has 0 spiro atoms. The maximum Gasteiger partial charge on any atom is 0.231 e. The lowest BCUT2D eigenvalue weighted by Crippen LogP contribution is -2.44. The summed E-state index contributed by atoms with van der Waals surface area (Å²) >= 11 is 0. The molecule has 0 amide bonds. The summed E-state index contributed by atoms with van der Waals surface area (Å²) in [5.74, 6) is 1.03. The summed E-state index contributed by atoms with van der Waals surface area (Å²) < 4.78 is 56.1. The average Bonchev–Trinajstić information content (AvgIpc) is 3.82. The van der Waals surface area contributed by atoms with Gasteiger partial charge in [0.2, 0.25) is 6.79 Å². The Balaban J connectivity index is 1.79. The van der Waals surface area contributed by atoms with Gasteiger partial charge >= 0.3 is 0 Å². The van der Waals surface area contributed by atoms with E-state index in [4.69, 9.17) is 18.3 Å². The van der Waals surface area contributed by atoms with Crippen LogP contribution in [0.2, 0.25) is 36.3 Å². The van der Waals surface area contributed by atoms with E-state index in [2.05, 4.69) is 59.8 Å². The Kier molecular flexibility index (Phi) is 18.2. The van der Waals surface area contributed by atoms with Gasteiger partial charge in [-0.2, -0.15) is 0 Å². The molecular weight excluding hydrogens is 713 g/mol. The molecule has 0 radical (unpaired) electrons. The number of hydrogen-bond donors (Lipinski definition) is 0. The summed E-state index contributed by atoms with van der Waals surface area (Å²) in [6, 6.07) is 20.2. The molecule has 3 atom stereocenters. The number of unbranched alkanes of at least 4 members (excludes halogenated alkanes) is 6. The molecule has 0 bridgehead atoms. The summed E-state index contributed by atoms with van der Waals surface area (Å²) in [5.41, 5.74) is 2.10. The van der Waals surface area contributed by atoms with Crippen LogP contribution < -0.4 is 9.47 Å². The minimum Gasteiger partial charge on any atom is -0.454 e. The number of ether oxygens (including phenoxy) is 2. The summed E-state index contributed by atoms with van der Waals surface area (Å²) in [4.78, 5) is 0.357. The first-order chi connectivity index (χ1) is 25.7. The second-order valence-corrected chi connectivity index (χ2v) is 26.2. The Hall–Kier alpha value is -1.92. The molecule has 298 valence electrons. The second-order valence-electron chi connectivity index (χ2n) is 15.8. The maximum absolute atomic E-state index is 14.7. The highest BCUT2D eigenvalue weighted by atomic mass is 32.2. The van der Waals surface area contributed by atoms with Crippen molar-refractivity contribution in [3.63, 3.8) is 0 Å². The average molecular weight is 785 g/mol. The van der Waals surface area contributed by atoms with Gasteiger partial charge in [-0.05, 0) is 78.1 Å². The van der Waals surface area contributed by atoms with Crippen molar-refractivity contribution in [1.82, 2.24) is 0 Å². The van der Waals surface area contributed by atoms with Crippen molar-refractivity contribution in [3.8, 4) is 11.5 Å². The van der Waals surface area contributed by atoms with E-state index in [1.807, 2.05) is 24.3 Å². The van der Waals surface area contributed by atoms with E-state index in [-0.39, 0.29) is 12.9 Å². The van der Waals surface area contributed by atoms with Gasteiger partial charge in [-0.3, -0.25) is 0 Å². The van der Waals surface area contributed by atoms with Crippen LogP contribution >= 0.6 is 0 Å². The Morgan fingerprint density at radius 2 is 1.15 bits per heavy atom. The van der Waals surface area contributed by atoms with E-state index < -0.39 is 37.6 Å². The summed E-state index contributed by atoms with van der Waals surface area (Å²) in [6.45, 7) is 14.5. The van der Waals surface area contributed by atoms with Gasteiger partial charge in [0, 0.05) is 12.5 Å². The lowest BCUT2D eigenvalue weighted by molar-refractivity contribution is 0.173. The predicted molar refractivity (Wildman–Crippen MR) is 226 cm³/mol. The van der Waals surface area contributed by atoms with Crippen LogP contribution in [0.5, 0.6) is 11.5 Å². The molecular formula is C44H72O6SSi2. The van der Waals surface area contributed by atoms with Crippen molar-refractivity contribution in [2.45, 2.75) is 183 Å². The van der Waals surface area contributed by atoms with E-state index >= 15 is 0 Å². The van der Waals surface area contributed by atoms with Crippen molar-refractivity contribution in [1.29, 1.82) is 0 Å². The molecule has 2 aromatic carbocycles. The van der Waals surface area contributed by atoms with Crippen molar-refractivity contribution >= 4 is 26.5 Å². The normalized spacial score (nSPS) is 18.6. The molecule has 6 nitrogen and oxygen atoms in total. The zero-order valence-corrected chi connectivity index (χ0v) is 37.0. The highest BCUT2D eigenvalue weighted by Crippen LogP contribution is 2.47. The van der Waals surface area contributed by atoms with E-state index in [0.29, 0.717) is 23.7 Å². The van der Waals surface area contributed by atoms with Crippen molar-refractivity contribution in [2.75, 3.05) is 13.4 Å². The Morgan fingerprint density at radius 3 is 1.66 bits per heavy atom. The van der Waals surface area contributed by atoms with Crippen LogP contribution in [0.25, 0.3) is 0 Å². The topological polar surface area (TPSA) is 71.1 Å². The molecule has 0 aromatic heterocycles. The Bertz CT molecular complexity index is 1450. The van der Waals surface area contributed by atoms with Crippen LogP contribution in [0.15, 0.2) is 59.5 Å². The fourth-order valence-electron chi connectivity index (χ4n) is 8.51. The molecule has 53 heavy (non-hydrogen) atoms. The zero-order valence-electron chi connectivity index (χ0n) is 34.1. The lowest BCUT2D eigenvalue weighted by atomic mass is 9.89. The Labute approximate surface area is 326 Å². The molecule has 0 unspecified atom stereocenters. The van der Waals surface area contributed by atoms with Crippen LogP contribution in [0.4, 0.5) is 0 Å². The van der Waals surface area contributed by atoms with E-state index in [9.17, 15) is 8.42 Å². The van der Waals surface area contributed by atoms with Crippen LogP contribution in [-0.4, -0.2) is 49.8 Å². The number of fused-ring (bicyclic) bond motifs is 1. The molecule has 9 heteroatoms. The standard InChI is InChI=1S/C44H72O6SSi2/c1-7-13-28-52(29-14-8-2,30-15-9-3)49-27-26-37-34-41-42(48-36-47-41)35-39(37)44-40(24-25-43(44)51(45,46)38-22-20-19-21-23-38)50-53(31-16-10-4,32-17-11-5)33-18-12-6/h19-25,34-35,40,43-44H,7-18,26-33,36H2,1-6H3/t40-,43-,44-/m1/s1. The molecule has 0 N–H and O–H groups in total. The van der Waals surface area contributed by atoms with E-state index in [0.717, 1.165) is 73.5 Å². The van der Waals surface area contributed by atoms with E-state index in [1.54, 1.807) is 12.1 Å². The molecule has 2 aliphatic rings. The SMILES string of the molecule is CCCC[Si](CCCC)(CCCC)OCCc1cc2c(cc1[C@H]1[C@H](S(=O)(=O)c3ccccc3)C=C[C@H]1O[Si](CCCC)(CCCC)CCCC)OCO2. The van der Waals surface area contributed by atoms with Gasteiger partial charge in [-0.25, -0.2) is 8.42 Å². The third kappa shape index (κ3) is 11.8. The zero-order chi connectivity index (χ0) is 38.2. The highest BCUT2D eigenvalue weighted by molar-refractivity contribution is 7.92. The largest absolute Gasteiger partial charge is 0.454 e. The van der Waals surface area contributed by atoms with Gasteiger partial charge in [-0.1, -0.05) is 149 Å². The van der Waals surface area contributed by atoms with Gasteiger partial charge in [0.05, 0.1) is 16.2 Å². The first-order valence-electron chi connectivity index (χ1n) is 21.4. The molecule has 1 heterocycles. The van der Waals surface area contributed by atoms with Crippen molar-refractivity contribution in [2.24, 2.45) is 0 Å². The number of rotatable bonds is 27. The Morgan fingerprint density at radius 1 is 0.660 bits per heavy atom. The van der Waals surface area contributed by atoms with Crippen LogP contribution in [0.3, 0.4) is 0 Å².